The molecule has 1 heterocycles. The molecule has 1 N–H and O–H groups in total. The van der Waals surface area contributed by atoms with E-state index >= 15 is 0 Å². The van der Waals surface area contributed by atoms with Crippen LogP contribution in [0.3, 0.4) is 0 Å². The molecule has 0 aliphatic heterocycles. The molecule has 17 heavy (non-hydrogen) atoms. The first kappa shape index (κ1) is 13.6. The van der Waals surface area contributed by atoms with Crippen molar-refractivity contribution >= 4 is 23.5 Å². The highest BCUT2D eigenvalue weighted by Crippen LogP contribution is 1.94. The molecule has 0 aliphatic carbocycles. The van der Waals surface area contributed by atoms with E-state index in [1.165, 1.54) is 0 Å². The topological polar surface area (TPSA) is 40.5 Å². The average molecular weight is 250 g/mol. The highest BCUT2D eigenvalue weighted by Gasteiger charge is 2.02. The van der Waals surface area contributed by atoms with Crippen molar-refractivity contribution in [3.63, 3.8) is 0 Å². The Labute approximate surface area is 108 Å². The molecule has 0 radical (unpaired) electrons. The largest absolute Gasteiger partial charge is 0.348 e. The van der Waals surface area contributed by atoms with Gasteiger partial charge in [-0.25, -0.2) is 0 Å². The zero-order valence-electron chi connectivity index (χ0n) is 10.5. The lowest BCUT2D eigenvalue weighted by Gasteiger charge is -2.20. The second kappa shape index (κ2) is 6.96. The van der Waals surface area contributed by atoms with E-state index in [4.69, 9.17) is 12.2 Å². The van der Waals surface area contributed by atoms with E-state index in [0.717, 1.165) is 24.5 Å². The van der Waals surface area contributed by atoms with Crippen LogP contribution in [-0.4, -0.2) is 34.3 Å². The predicted molar refractivity (Wildman–Crippen MR) is 75.2 cm³/mol. The Kier molecular flexibility index (Phi) is 5.56. The van der Waals surface area contributed by atoms with Crippen LogP contribution in [0.5, 0.6) is 0 Å². The molecule has 0 fully saturated rings. The highest BCUT2D eigenvalue weighted by molar-refractivity contribution is 7.80. The molecule has 5 heteroatoms. The summed E-state index contributed by atoms with van der Waals surface area (Å²) in [6.07, 6.45) is 1.67. The van der Waals surface area contributed by atoms with Crippen LogP contribution in [0.4, 0.5) is 0 Å². The summed E-state index contributed by atoms with van der Waals surface area (Å²) in [6.45, 7) is 7.82. The number of hydrazone groups is 1. The third-order valence-electron chi connectivity index (χ3n) is 2.32. The number of thiocarbonyl (C=S) groups is 1. The summed E-state index contributed by atoms with van der Waals surface area (Å²) < 4.78 is 0. The fourth-order valence-electron chi connectivity index (χ4n) is 1.37. The van der Waals surface area contributed by atoms with Crippen molar-refractivity contribution in [2.75, 3.05) is 13.1 Å². The lowest BCUT2D eigenvalue weighted by atomic mass is 10.3. The SMILES string of the molecule is CCN(CC)C(=S)NN=Cc1cccc(C)n1. The van der Waals surface area contributed by atoms with Gasteiger partial charge >= 0.3 is 0 Å². The number of rotatable bonds is 4. The highest BCUT2D eigenvalue weighted by atomic mass is 32.1. The summed E-state index contributed by atoms with van der Waals surface area (Å²) in [5, 5.41) is 4.72. The second-order valence-corrected chi connectivity index (χ2v) is 3.94. The molecule has 0 saturated heterocycles. The third-order valence-corrected chi connectivity index (χ3v) is 2.67. The standard InChI is InChI=1S/C12H18N4S/c1-4-16(5-2)12(17)15-13-9-11-8-6-7-10(3)14-11/h6-9H,4-5H2,1-3H3,(H,15,17). The first-order chi connectivity index (χ1) is 8.17. The van der Waals surface area contributed by atoms with E-state index in [0.29, 0.717) is 5.11 Å². The summed E-state index contributed by atoms with van der Waals surface area (Å²) in [5.41, 5.74) is 4.63. The molecule has 1 aromatic heterocycles. The monoisotopic (exact) mass is 250 g/mol. The van der Waals surface area contributed by atoms with Gasteiger partial charge in [-0.2, -0.15) is 5.10 Å². The molecule has 1 aromatic rings. The average Bonchev–Trinajstić information content (AvgIpc) is 2.30. The quantitative estimate of drug-likeness (QED) is 0.504. The summed E-state index contributed by atoms with van der Waals surface area (Å²) in [7, 11) is 0. The van der Waals surface area contributed by atoms with Gasteiger partial charge in [0.2, 0.25) is 0 Å². The fraction of sp³-hybridized carbons (Fsp3) is 0.417. The first-order valence-corrected chi connectivity index (χ1v) is 6.09. The number of aromatic nitrogens is 1. The van der Waals surface area contributed by atoms with Crippen LogP contribution in [0, 0.1) is 6.92 Å². The number of nitrogens with one attached hydrogen (secondary N) is 1. The maximum Gasteiger partial charge on any atom is 0.189 e. The van der Waals surface area contributed by atoms with Gasteiger partial charge in [0, 0.05) is 18.8 Å². The van der Waals surface area contributed by atoms with Gasteiger partial charge in [-0.15, -0.1) is 0 Å². The molecular weight excluding hydrogens is 232 g/mol. The van der Waals surface area contributed by atoms with Crippen molar-refractivity contribution in [2.24, 2.45) is 5.10 Å². The normalized spacial score (nSPS) is 10.5. The van der Waals surface area contributed by atoms with Crippen LogP contribution in [0.2, 0.25) is 0 Å². The van der Waals surface area contributed by atoms with Crippen LogP contribution in [0.15, 0.2) is 23.3 Å². The van der Waals surface area contributed by atoms with Gasteiger partial charge < -0.3 is 4.90 Å². The lowest BCUT2D eigenvalue weighted by molar-refractivity contribution is 0.458. The molecule has 0 aromatic carbocycles. The molecule has 0 amide bonds. The Morgan fingerprint density at radius 1 is 1.47 bits per heavy atom. The van der Waals surface area contributed by atoms with Crippen molar-refractivity contribution in [3.05, 3.63) is 29.6 Å². The fourth-order valence-corrected chi connectivity index (χ4v) is 1.68. The molecular formula is C12H18N4S. The van der Waals surface area contributed by atoms with E-state index in [9.17, 15) is 0 Å². The molecule has 0 unspecified atom stereocenters. The van der Waals surface area contributed by atoms with Crippen molar-refractivity contribution in [1.29, 1.82) is 0 Å². The molecule has 0 saturated carbocycles. The van der Waals surface area contributed by atoms with Crippen molar-refractivity contribution in [3.8, 4) is 0 Å². The minimum atomic E-state index is 0.638. The number of hydrogen-bond acceptors (Lipinski definition) is 3. The zero-order valence-corrected chi connectivity index (χ0v) is 11.3. The maximum atomic E-state index is 5.20. The Morgan fingerprint density at radius 3 is 2.76 bits per heavy atom. The smallest absolute Gasteiger partial charge is 0.189 e. The van der Waals surface area contributed by atoms with Crippen LogP contribution in [0.25, 0.3) is 0 Å². The number of aryl methyl sites for hydroxylation is 1. The van der Waals surface area contributed by atoms with E-state index in [-0.39, 0.29) is 0 Å². The molecule has 0 spiro atoms. The van der Waals surface area contributed by atoms with E-state index in [1.54, 1.807) is 6.21 Å². The summed E-state index contributed by atoms with van der Waals surface area (Å²) in [6, 6.07) is 5.80. The molecule has 1 rings (SSSR count). The number of hydrogen-bond donors (Lipinski definition) is 1. The zero-order chi connectivity index (χ0) is 12.7. The van der Waals surface area contributed by atoms with Gasteiger partial charge in [-0.3, -0.25) is 10.4 Å². The van der Waals surface area contributed by atoms with Gasteiger partial charge in [-0.1, -0.05) is 6.07 Å². The third kappa shape index (κ3) is 4.48. The number of nitrogens with zero attached hydrogens (tertiary/aromatic N) is 3. The Balaban J connectivity index is 2.53. The Hall–Kier alpha value is -1.49. The number of pyridine rings is 1. The molecule has 0 atom stereocenters. The maximum absolute atomic E-state index is 5.20. The summed E-state index contributed by atoms with van der Waals surface area (Å²) in [5.74, 6) is 0. The van der Waals surface area contributed by atoms with Crippen LogP contribution < -0.4 is 5.43 Å². The first-order valence-electron chi connectivity index (χ1n) is 5.69. The van der Waals surface area contributed by atoms with E-state index < -0.39 is 0 Å². The minimum absolute atomic E-state index is 0.638. The van der Waals surface area contributed by atoms with E-state index in [1.807, 2.05) is 30.0 Å². The van der Waals surface area contributed by atoms with Crippen molar-refractivity contribution in [1.82, 2.24) is 15.3 Å². The van der Waals surface area contributed by atoms with Crippen LogP contribution >= 0.6 is 12.2 Å². The minimum Gasteiger partial charge on any atom is -0.348 e. The Morgan fingerprint density at radius 2 is 2.18 bits per heavy atom. The molecule has 0 bridgehead atoms. The van der Waals surface area contributed by atoms with E-state index in [2.05, 4.69) is 29.4 Å². The summed E-state index contributed by atoms with van der Waals surface area (Å²) >= 11 is 5.20. The van der Waals surface area contributed by atoms with Crippen LogP contribution in [-0.2, 0) is 0 Å². The van der Waals surface area contributed by atoms with Gasteiger partial charge in [-0.05, 0) is 45.1 Å². The van der Waals surface area contributed by atoms with Crippen molar-refractivity contribution in [2.45, 2.75) is 20.8 Å². The van der Waals surface area contributed by atoms with Crippen molar-refractivity contribution < 1.29 is 0 Å². The van der Waals surface area contributed by atoms with Gasteiger partial charge in [0.25, 0.3) is 0 Å². The van der Waals surface area contributed by atoms with Crippen LogP contribution in [0.1, 0.15) is 25.2 Å². The molecule has 0 aliphatic rings. The Bertz CT molecular complexity index is 399. The second-order valence-electron chi connectivity index (χ2n) is 3.55. The summed E-state index contributed by atoms with van der Waals surface area (Å²) in [4.78, 5) is 6.33. The predicted octanol–water partition coefficient (Wildman–Crippen LogP) is 1.94. The van der Waals surface area contributed by atoms with Gasteiger partial charge in [0.05, 0.1) is 11.9 Å². The molecule has 4 nitrogen and oxygen atoms in total. The van der Waals surface area contributed by atoms with Gasteiger partial charge in [0.1, 0.15) is 0 Å². The lowest BCUT2D eigenvalue weighted by Crippen LogP contribution is -2.37. The molecule has 92 valence electrons. The van der Waals surface area contributed by atoms with Gasteiger partial charge in [0.15, 0.2) is 5.11 Å².